The molecule has 1 aromatic rings. The van der Waals surface area contributed by atoms with E-state index in [0.29, 0.717) is 24.8 Å². The standard InChI is InChI=1S/C17H28N4O3/c1-11(2)7-13-8-14(24-20-13)10-19-16(22)9-15-17(23)18-5-6-21(15)12(3)4/h8,11-12,15H,5-7,9-10H2,1-4H3,(H,18,23)(H,19,22)/t15-/m0/s1. The van der Waals surface area contributed by atoms with Gasteiger partial charge in [0.15, 0.2) is 5.76 Å². The molecule has 0 spiro atoms. The molecule has 1 aliphatic heterocycles. The van der Waals surface area contributed by atoms with Crippen molar-refractivity contribution in [1.82, 2.24) is 20.7 Å². The van der Waals surface area contributed by atoms with Gasteiger partial charge >= 0.3 is 0 Å². The van der Waals surface area contributed by atoms with Crippen LogP contribution in [0.25, 0.3) is 0 Å². The van der Waals surface area contributed by atoms with E-state index >= 15 is 0 Å². The van der Waals surface area contributed by atoms with Crippen LogP contribution < -0.4 is 10.6 Å². The van der Waals surface area contributed by atoms with E-state index in [9.17, 15) is 9.59 Å². The molecule has 2 rings (SSSR count). The summed E-state index contributed by atoms with van der Waals surface area (Å²) in [5.74, 6) is 0.894. The molecule has 2 N–H and O–H groups in total. The first-order valence-electron chi connectivity index (χ1n) is 8.61. The minimum atomic E-state index is -0.412. The number of carbonyl (C=O) groups is 2. The van der Waals surface area contributed by atoms with Crippen LogP contribution in [-0.2, 0) is 22.6 Å². The summed E-state index contributed by atoms with van der Waals surface area (Å²) < 4.78 is 5.23. The van der Waals surface area contributed by atoms with Crippen molar-refractivity contribution in [3.63, 3.8) is 0 Å². The Kier molecular flexibility index (Phi) is 6.36. The predicted octanol–water partition coefficient (Wildman–Crippen LogP) is 1.09. The van der Waals surface area contributed by atoms with Crippen molar-refractivity contribution in [2.45, 2.75) is 59.2 Å². The second-order valence-corrected chi connectivity index (χ2v) is 7.00. The van der Waals surface area contributed by atoms with Crippen LogP contribution in [0.5, 0.6) is 0 Å². The number of nitrogens with zero attached hydrogens (tertiary/aromatic N) is 2. The summed E-state index contributed by atoms with van der Waals surface area (Å²) in [5.41, 5.74) is 0.895. The topological polar surface area (TPSA) is 87.5 Å². The fraction of sp³-hybridized carbons (Fsp3) is 0.706. The minimum Gasteiger partial charge on any atom is -0.359 e. The van der Waals surface area contributed by atoms with E-state index in [1.165, 1.54) is 0 Å². The zero-order chi connectivity index (χ0) is 17.7. The van der Waals surface area contributed by atoms with Crippen LogP contribution >= 0.6 is 0 Å². The third kappa shape index (κ3) is 5.06. The van der Waals surface area contributed by atoms with Crippen molar-refractivity contribution in [3.8, 4) is 0 Å². The number of aromatic nitrogens is 1. The van der Waals surface area contributed by atoms with Crippen molar-refractivity contribution in [3.05, 3.63) is 17.5 Å². The Morgan fingerprint density at radius 2 is 2.21 bits per heavy atom. The lowest BCUT2D eigenvalue weighted by Crippen LogP contribution is -2.58. The first-order chi connectivity index (χ1) is 11.4. The van der Waals surface area contributed by atoms with E-state index in [4.69, 9.17) is 4.52 Å². The molecule has 7 heteroatoms. The summed E-state index contributed by atoms with van der Waals surface area (Å²) in [4.78, 5) is 26.3. The van der Waals surface area contributed by atoms with Crippen LogP contribution in [0.15, 0.2) is 10.6 Å². The zero-order valence-corrected chi connectivity index (χ0v) is 15.0. The average Bonchev–Trinajstić information content (AvgIpc) is 2.93. The molecule has 0 bridgehead atoms. The van der Waals surface area contributed by atoms with Gasteiger partial charge < -0.3 is 15.2 Å². The maximum absolute atomic E-state index is 12.2. The summed E-state index contributed by atoms with van der Waals surface area (Å²) in [6.07, 6.45) is 1.00. The molecule has 24 heavy (non-hydrogen) atoms. The van der Waals surface area contributed by atoms with E-state index in [1.54, 1.807) is 0 Å². The molecule has 134 valence electrons. The molecule has 2 amide bonds. The van der Waals surface area contributed by atoms with Gasteiger partial charge in [-0.2, -0.15) is 0 Å². The van der Waals surface area contributed by atoms with E-state index in [-0.39, 0.29) is 24.3 Å². The number of piperazine rings is 1. The normalized spacial score (nSPS) is 18.9. The Balaban J connectivity index is 1.85. The van der Waals surface area contributed by atoms with Gasteiger partial charge in [0, 0.05) is 25.2 Å². The lowest BCUT2D eigenvalue weighted by Gasteiger charge is -2.37. The fourth-order valence-corrected chi connectivity index (χ4v) is 2.95. The van der Waals surface area contributed by atoms with Gasteiger partial charge in [0.1, 0.15) is 0 Å². The molecule has 7 nitrogen and oxygen atoms in total. The third-order valence-electron chi connectivity index (χ3n) is 4.10. The molecule has 0 saturated carbocycles. The van der Waals surface area contributed by atoms with Gasteiger partial charge in [0.2, 0.25) is 11.8 Å². The molecule has 1 aliphatic rings. The zero-order valence-electron chi connectivity index (χ0n) is 15.0. The summed E-state index contributed by atoms with van der Waals surface area (Å²) in [5, 5.41) is 9.64. The Labute approximate surface area is 143 Å². The Morgan fingerprint density at radius 3 is 2.88 bits per heavy atom. The number of hydrogen-bond donors (Lipinski definition) is 2. The van der Waals surface area contributed by atoms with Crippen LogP contribution in [0.2, 0.25) is 0 Å². The van der Waals surface area contributed by atoms with E-state index in [2.05, 4.69) is 34.5 Å². The Morgan fingerprint density at radius 1 is 1.46 bits per heavy atom. The van der Waals surface area contributed by atoms with Gasteiger partial charge in [-0.1, -0.05) is 19.0 Å². The second kappa shape index (κ2) is 8.28. The molecule has 1 atom stereocenters. The quantitative estimate of drug-likeness (QED) is 0.778. The highest BCUT2D eigenvalue weighted by atomic mass is 16.5. The van der Waals surface area contributed by atoms with E-state index in [0.717, 1.165) is 18.7 Å². The molecular formula is C17H28N4O3. The number of amides is 2. The average molecular weight is 336 g/mol. The molecule has 0 radical (unpaired) electrons. The maximum Gasteiger partial charge on any atom is 0.237 e. The van der Waals surface area contributed by atoms with Gasteiger partial charge in [0.25, 0.3) is 0 Å². The molecule has 2 heterocycles. The van der Waals surface area contributed by atoms with Crippen LogP contribution in [-0.4, -0.2) is 47.0 Å². The van der Waals surface area contributed by atoms with Crippen LogP contribution in [0, 0.1) is 5.92 Å². The van der Waals surface area contributed by atoms with Gasteiger partial charge in [-0.25, -0.2) is 0 Å². The number of hydrogen-bond acceptors (Lipinski definition) is 5. The maximum atomic E-state index is 12.2. The lowest BCUT2D eigenvalue weighted by atomic mass is 10.1. The van der Waals surface area contributed by atoms with Crippen molar-refractivity contribution >= 4 is 11.8 Å². The SMILES string of the molecule is CC(C)Cc1cc(CNC(=O)C[C@H]2C(=O)NCCN2C(C)C)on1. The van der Waals surface area contributed by atoms with Crippen molar-refractivity contribution in [2.24, 2.45) is 5.92 Å². The van der Waals surface area contributed by atoms with Crippen LogP contribution in [0.1, 0.15) is 45.6 Å². The predicted molar refractivity (Wildman–Crippen MR) is 90.1 cm³/mol. The van der Waals surface area contributed by atoms with Gasteiger partial charge in [0.05, 0.1) is 24.7 Å². The first kappa shape index (κ1) is 18.4. The summed E-state index contributed by atoms with van der Waals surface area (Å²) >= 11 is 0. The fourth-order valence-electron chi connectivity index (χ4n) is 2.95. The molecule has 0 aromatic carbocycles. The number of carbonyl (C=O) groups excluding carboxylic acids is 2. The first-order valence-corrected chi connectivity index (χ1v) is 8.61. The molecule has 1 saturated heterocycles. The Bertz CT molecular complexity index is 568. The second-order valence-electron chi connectivity index (χ2n) is 7.00. The summed E-state index contributed by atoms with van der Waals surface area (Å²) in [7, 11) is 0. The van der Waals surface area contributed by atoms with Crippen LogP contribution in [0.3, 0.4) is 0 Å². The van der Waals surface area contributed by atoms with Crippen molar-refractivity contribution in [1.29, 1.82) is 0 Å². The van der Waals surface area contributed by atoms with Gasteiger partial charge in [-0.05, 0) is 26.2 Å². The lowest BCUT2D eigenvalue weighted by molar-refractivity contribution is -0.134. The molecule has 0 aliphatic carbocycles. The summed E-state index contributed by atoms with van der Waals surface area (Å²) in [6.45, 7) is 9.99. The highest BCUT2D eigenvalue weighted by molar-refractivity contribution is 5.88. The third-order valence-corrected chi connectivity index (χ3v) is 4.10. The highest BCUT2D eigenvalue weighted by Gasteiger charge is 2.32. The van der Waals surface area contributed by atoms with Gasteiger partial charge in [-0.3, -0.25) is 14.5 Å². The van der Waals surface area contributed by atoms with Gasteiger partial charge in [-0.15, -0.1) is 0 Å². The minimum absolute atomic E-state index is 0.0796. The smallest absolute Gasteiger partial charge is 0.237 e. The Hall–Kier alpha value is -1.89. The van der Waals surface area contributed by atoms with E-state index < -0.39 is 6.04 Å². The molecule has 1 fully saturated rings. The van der Waals surface area contributed by atoms with Crippen molar-refractivity contribution in [2.75, 3.05) is 13.1 Å². The molecular weight excluding hydrogens is 308 g/mol. The molecule has 1 aromatic heterocycles. The highest BCUT2D eigenvalue weighted by Crippen LogP contribution is 2.13. The van der Waals surface area contributed by atoms with Crippen molar-refractivity contribution < 1.29 is 14.1 Å². The largest absolute Gasteiger partial charge is 0.359 e. The van der Waals surface area contributed by atoms with E-state index in [1.807, 2.05) is 19.9 Å². The summed E-state index contributed by atoms with van der Waals surface area (Å²) in [6, 6.07) is 1.68. The number of rotatable bonds is 7. The number of nitrogens with one attached hydrogen (secondary N) is 2. The molecule has 0 unspecified atom stereocenters. The monoisotopic (exact) mass is 336 g/mol. The van der Waals surface area contributed by atoms with Crippen LogP contribution in [0.4, 0.5) is 0 Å².